The van der Waals surface area contributed by atoms with Gasteiger partial charge in [0.05, 0.1) is 10.1 Å². The number of fused-ring (bicyclic) bond motifs is 2. The molecule has 2 heterocycles. The molecule has 2 aliphatic heterocycles. The van der Waals surface area contributed by atoms with Crippen LogP contribution in [-0.2, 0) is 11.4 Å². The number of piperidine rings is 1. The summed E-state index contributed by atoms with van der Waals surface area (Å²) in [4.78, 5) is 19.7. The summed E-state index contributed by atoms with van der Waals surface area (Å²) in [6.45, 7) is 1.27. The number of rotatable bonds is 3. The second kappa shape index (κ2) is 5.05. The number of carbonyl (C=O) groups excluding carboxylic acids is 1. The van der Waals surface area contributed by atoms with Crippen molar-refractivity contribution in [3.05, 3.63) is 35.9 Å². The van der Waals surface area contributed by atoms with E-state index in [1.165, 1.54) is 0 Å². The van der Waals surface area contributed by atoms with Crippen LogP contribution in [-0.4, -0.2) is 32.6 Å². The Morgan fingerprint density at radius 1 is 1.28 bits per heavy atom. The summed E-state index contributed by atoms with van der Waals surface area (Å²) in [5.41, 5.74) is 1.09. The zero-order chi connectivity index (χ0) is 12.5. The highest BCUT2D eigenvalue weighted by Gasteiger charge is 2.44. The molecule has 1 unspecified atom stereocenters. The molecule has 5 heteroatoms. The number of amides is 2. The van der Waals surface area contributed by atoms with Gasteiger partial charge in [0, 0.05) is 6.54 Å². The SMILES string of the molecule is O=C1N(OCc2ccccc2)C2CC[C@@H](I)N1C2. The van der Waals surface area contributed by atoms with Gasteiger partial charge in [0.25, 0.3) is 0 Å². The zero-order valence-electron chi connectivity index (χ0n) is 9.96. The first-order valence-electron chi connectivity index (χ1n) is 6.16. The highest BCUT2D eigenvalue weighted by molar-refractivity contribution is 14.1. The maximum Gasteiger partial charge on any atom is 0.345 e. The minimum Gasteiger partial charge on any atom is -0.309 e. The van der Waals surface area contributed by atoms with E-state index in [2.05, 4.69) is 22.6 Å². The number of carbonyl (C=O) groups is 1. The maximum absolute atomic E-state index is 12.1. The van der Waals surface area contributed by atoms with Crippen molar-refractivity contribution in [2.24, 2.45) is 0 Å². The summed E-state index contributed by atoms with van der Waals surface area (Å²) in [5.74, 6) is 0. The normalized spacial score (nSPS) is 26.8. The molecule has 0 aromatic heterocycles. The summed E-state index contributed by atoms with van der Waals surface area (Å²) in [5, 5.41) is 1.58. The van der Waals surface area contributed by atoms with Crippen LogP contribution < -0.4 is 0 Å². The molecule has 96 valence electrons. The van der Waals surface area contributed by atoms with Crippen LogP contribution >= 0.6 is 22.6 Å². The van der Waals surface area contributed by atoms with Crippen LogP contribution in [0, 0.1) is 0 Å². The molecule has 2 saturated heterocycles. The van der Waals surface area contributed by atoms with E-state index >= 15 is 0 Å². The second-order valence-corrected chi connectivity index (χ2v) is 6.12. The Balaban J connectivity index is 1.65. The van der Waals surface area contributed by atoms with E-state index < -0.39 is 0 Å². The first kappa shape index (κ1) is 12.2. The molecule has 0 aliphatic carbocycles. The number of hydrogen-bond acceptors (Lipinski definition) is 2. The minimum absolute atomic E-state index is 0.0211. The van der Waals surface area contributed by atoms with Crippen LogP contribution in [0.15, 0.2) is 30.3 Å². The van der Waals surface area contributed by atoms with Crippen molar-refractivity contribution >= 4 is 28.6 Å². The fourth-order valence-electron chi connectivity index (χ4n) is 2.47. The number of hydrogen-bond donors (Lipinski definition) is 0. The zero-order valence-corrected chi connectivity index (χ0v) is 12.1. The van der Waals surface area contributed by atoms with Crippen molar-refractivity contribution in [3.63, 3.8) is 0 Å². The molecule has 0 spiro atoms. The van der Waals surface area contributed by atoms with Crippen molar-refractivity contribution < 1.29 is 9.63 Å². The third-order valence-corrected chi connectivity index (χ3v) is 4.76. The predicted molar refractivity (Wildman–Crippen MR) is 76.0 cm³/mol. The van der Waals surface area contributed by atoms with Crippen LogP contribution in [0.2, 0.25) is 0 Å². The van der Waals surface area contributed by atoms with Gasteiger partial charge in [0.1, 0.15) is 6.61 Å². The molecule has 1 aromatic carbocycles. The average molecular weight is 358 g/mol. The first-order valence-corrected chi connectivity index (χ1v) is 7.41. The molecular formula is C13H15IN2O2. The lowest BCUT2D eigenvalue weighted by molar-refractivity contribution is -0.140. The van der Waals surface area contributed by atoms with E-state index in [1.807, 2.05) is 35.2 Å². The second-order valence-electron chi connectivity index (χ2n) is 4.69. The number of nitrogens with zero attached hydrogens (tertiary/aromatic N) is 2. The summed E-state index contributed by atoms with van der Waals surface area (Å²) in [6, 6.07) is 10.2. The standard InChI is InChI=1S/C13H15IN2O2/c14-12-7-6-11-8-15(12)13(17)16(11)18-9-10-4-2-1-3-5-10/h1-5,11-12H,6-9H2/t11?,12-/m0/s1. The molecule has 2 amide bonds. The van der Waals surface area contributed by atoms with Crippen LogP contribution in [0.25, 0.3) is 0 Å². The van der Waals surface area contributed by atoms with Crippen LogP contribution in [0.1, 0.15) is 18.4 Å². The molecular weight excluding hydrogens is 343 g/mol. The van der Waals surface area contributed by atoms with Crippen LogP contribution in [0.3, 0.4) is 0 Å². The van der Waals surface area contributed by atoms with Gasteiger partial charge in [-0.25, -0.2) is 4.79 Å². The first-order chi connectivity index (χ1) is 8.75. The van der Waals surface area contributed by atoms with Gasteiger partial charge in [-0.3, -0.25) is 4.84 Å². The molecule has 1 aromatic rings. The Bertz CT molecular complexity index is 440. The molecule has 2 aliphatic rings. The predicted octanol–water partition coefficient (Wildman–Crippen LogP) is 2.78. The van der Waals surface area contributed by atoms with Crippen LogP contribution in [0.5, 0.6) is 0 Å². The van der Waals surface area contributed by atoms with Gasteiger partial charge in [0.15, 0.2) is 0 Å². The Hall–Kier alpha value is -0.820. The highest BCUT2D eigenvalue weighted by Crippen LogP contribution is 2.32. The molecule has 2 bridgehead atoms. The molecule has 0 N–H and O–H groups in total. The van der Waals surface area contributed by atoms with Gasteiger partial charge < -0.3 is 4.90 Å². The third-order valence-electron chi connectivity index (χ3n) is 3.46. The molecule has 18 heavy (non-hydrogen) atoms. The van der Waals surface area contributed by atoms with Gasteiger partial charge in [-0.1, -0.05) is 52.9 Å². The molecule has 0 radical (unpaired) electrons. The topological polar surface area (TPSA) is 32.8 Å². The van der Waals surface area contributed by atoms with E-state index in [4.69, 9.17) is 4.84 Å². The van der Waals surface area contributed by atoms with Gasteiger partial charge in [-0.05, 0) is 18.4 Å². The fourth-order valence-corrected chi connectivity index (χ4v) is 3.29. The Morgan fingerprint density at radius 3 is 2.78 bits per heavy atom. The van der Waals surface area contributed by atoms with E-state index in [0.29, 0.717) is 10.7 Å². The molecule has 4 nitrogen and oxygen atoms in total. The number of alkyl halides is 1. The fraction of sp³-hybridized carbons (Fsp3) is 0.462. The largest absolute Gasteiger partial charge is 0.345 e. The minimum atomic E-state index is 0.0211. The highest BCUT2D eigenvalue weighted by atomic mass is 127. The van der Waals surface area contributed by atoms with E-state index in [1.54, 1.807) is 5.06 Å². The summed E-state index contributed by atoms with van der Waals surface area (Å²) >= 11 is 2.33. The molecule has 3 rings (SSSR count). The van der Waals surface area contributed by atoms with Crippen molar-refractivity contribution in [2.45, 2.75) is 29.5 Å². The third kappa shape index (κ3) is 2.21. The molecule has 2 fully saturated rings. The smallest absolute Gasteiger partial charge is 0.309 e. The number of halogens is 1. The van der Waals surface area contributed by atoms with Crippen molar-refractivity contribution in [1.29, 1.82) is 0 Å². The van der Waals surface area contributed by atoms with E-state index in [9.17, 15) is 4.79 Å². The number of benzene rings is 1. The van der Waals surface area contributed by atoms with Crippen molar-refractivity contribution in [3.8, 4) is 0 Å². The van der Waals surface area contributed by atoms with E-state index in [0.717, 1.165) is 24.9 Å². The van der Waals surface area contributed by atoms with Crippen molar-refractivity contribution in [1.82, 2.24) is 9.96 Å². The van der Waals surface area contributed by atoms with Gasteiger partial charge in [-0.15, -0.1) is 0 Å². The van der Waals surface area contributed by atoms with E-state index in [-0.39, 0.29) is 12.1 Å². The molecule has 0 saturated carbocycles. The lowest BCUT2D eigenvalue weighted by Gasteiger charge is -2.25. The lowest BCUT2D eigenvalue weighted by atomic mass is 10.1. The lowest BCUT2D eigenvalue weighted by Crippen LogP contribution is -2.35. The molecule has 2 atom stereocenters. The summed E-state index contributed by atoms with van der Waals surface area (Å²) in [6.07, 6.45) is 2.09. The number of hydroxylamine groups is 2. The summed E-state index contributed by atoms with van der Waals surface area (Å²) < 4.78 is 0.316. The van der Waals surface area contributed by atoms with Gasteiger partial charge >= 0.3 is 6.03 Å². The number of urea groups is 1. The summed E-state index contributed by atoms with van der Waals surface area (Å²) in [7, 11) is 0. The van der Waals surface area contributed by atoms with Gasteiger partial charge in [0.2, 0.25) is 0 Å². The van der Waals surface area contributed by atoms with Gasteiger partial charge in [-0.2, -0.15) is 5.06 Å². The average Bonchev–Trinajstić information content (AvgIpc) is 2.67. The quantitative estimate of drug-likeness (QED) is 0.473. The van der Waals surface area contributed by atoms with Crippen molar-refractivity contribution in [2.75, 3.05) is 6.54 Å². The Kier molecular flexibility index (Phi) is 3.43. The maximum atomic E-state index is 12.1. The van der Waals surface area contributed by atoms with Crippen LogP contribution in [0.4, 0.5) is 4.79 Å². The monoisotopic (exact) mass is 358 g/mol. The Morgan fingerprint density at radius 2 is 2.06 bits per heavy atom. The Labute approximate surface area is 120 Å².